The van der Waals surface area contributed by atoms with E-state index in [-0.39, 0.29) is 10.9 Å². The normalized spacial score (nSPS) is 27.4. The molecule has 20 heavy (non-hydrogen) atoms. The first-order valence-electron chi connectivity index (χ1n) is 6.87. The van der Waals surface area contributed by atoms with Gasteiger partial charge in [-0.1, -0.05) is 13.8 Å². The van der Waals surface area contributed by atoms with Crippen LogP contribution in [0.4, 0.5) is 5.69 Å². The smallest absolute Gasteiger partial charge is 0.241 e. The Balaban J connectivity index is 2.19. The van der Waals surface area contributed by atoms with E-state index in [1.807, 2.05) is 0 Å². The van der Waals surface area contributed by atoms with Crippen LogP contribution in [0.3, 0.4) is 0 Å². The number of hydrogen-bond donors (Lipinski definition) is 2. The molecule has 1 aliphatic carbocycles. The Kier molecular flexibility index (Phi) is 4.76. The van der Waals surface area contributed by atoms with E-state index >= 15 is 0 Å². The predicted octanol–water partition coefficient (Wildman–Crippen LogP) is 3.13. The van der Waals surface area contributed by atoms with Gasteiger partial charge in [-0.25, -0.2) is 13.1 Å². The minimum absolute atomic E-state index is 0.0145. The largest absolute Gasteiger partial charge is 0.399 e. The number of hydrogen-bond acceptors (Lipinski definition) is 3. The van der Waals surface area contributed by atoms with Crippen LogP contribution < -0.4 is 10.5 Å². The second kappa shape index (κ2) is 6.03. The summed E-state index contributed by atoms with van der Waals surface area (Å²) in [5, 5.41) is 0. The standard InChI is InChI=1S/C14H21BrN2O2S/c1-9-3-5-13(10(2)7-9)17-20(18,19)14-6-4-11(16)8-12(14)15/h4,6,8-10,13,17H,3,5,7,16H2,1-2H3. The van der Waals surface area contributed by atoms with Gasteiger partial charge in [0.05, 0.1) is 4.90 Å². The van der Waals surface area contributed by atoms with Crippen molar-refractivity contribution in [2.45, 2.75) is 44.0 Å². The third-order valence-corrected chi connectivity index (χ3v) is 6.45. The highest BCUT2D eigenvalue weighted by Crippen LogP contribution is 2.31. The molecule has 0 bridgehead atoms. The maximum absolute atomic E-state index is 12.5. The van der Waals surface area contributed by atoms with Crippen LogP contribution in [0, 0.1) is 11.8 Å². The third-order valence-electron chi connectivity index (χ3n) is 3.98. The molecular formula is C14H21BrN2O2S. The van der Waals surface area contributed by atoms with Gasteiger partial charge in [-0.2, -0.15) is 0 Å². The number of nitrogens with one attached hydrogen (secondary N) is 1. The zero-order valence-electron chi connectivity index (χ0n) is 11.8. The zero-order chi connectivity index (χ0) is 14.9. The van der Waals surface area contributed by atoms with Gasteiger partial charge in [0.25, 0.3) is 0 Å². The Morgan fingerprint density at radius 1 is 1.30 bits per heavy atom. The summed E-state index contributed by atoms with van der Waals surface area (Å²) in [6.07, 6.45) is 3.03. The molecule has 1 fully saturated rings. The Morgan fingerprint density at radius 3 is 2.60 bits per heavy atom. The summed E-state index contributed by atoms with van der Waals surface area (Å²) in [5.74, 6) is 1.04. The first-order chi connectivity index (χ1) is 9.29. The molecule has 1 aliphatic rings. The lowest BCUT2D eigenvalue weighted by Crippen LogP contribution is -2.42. The summed E-state index contributed by atoms with van der Waals surface area (Å²) in [6.45, 7) is 4.33. The molecule has 0 radical (unpaired) electrons. The van der Waals surface area contributed by atoms with Gasteiger partial charge in [0.1, 0.15) is 0 Å². The lowest BCUT2D eigenvalue weighted by molar-refractivity contribution is 0.249. The molecule has 0 saturated heterocycles. The third kappa shape index (κ3) is 3.54. The second-order valence-corrected chi connectivity index (χ2v) is 8.35. The summed E-state index contributed by atoms with van der Waals surface area (Å²) in [6, 6.07) is 4.77. The lowest BCUT2D eigenvalue weighted by atomic mass is 9.80. The number of anilines is 1. The molecule has 3 N–H and O–H groups in total. The molecule has 112 valence electrons. The van der Waals surface area contributed by atoms with Crippen molar-refractivity contribution in [1.82, 2.24) is 4.72 Å². The van der Waals surface area contributed by atoms with E-state index in [9.17, 15) is 8.42 Å². The van der Waals surface area contributed by atoms with Gasteiger partial charge in [-0.15, -0.1) is 0 Å². The van der Waals surface area contributed by atoms with Crippen molar-refractivity contribution < 1.29 is 8.42 Å². The van der Waals surface area contributed by atoms with Crippen LogP contribution in [0.15, 0.2) is 27.6 Å². The molecule has 1 aromatic carbocycles. The maximum atomic E-state index is 12.5. The van der Waals surface area contributed by atoms with E-state index < -0.39 is 10.0 Å². The topological polar surface area (TPSA) is 72.2 Å². The minimum atomic E-state index is -3.51. The molecule has 1 saturated carbocycles. The van der Waals surface area contributed by atoms with Crippen LogP contribution in [0.5, 0.6) is 0 Å². The minimum Gasteiger partial charge on any atom is -0.399 e. The van der Waals surface area contributed by atoms with Crippen LogP contribution in [-0.4, -0.2) is 14.5 Å². The maximum Gasteiger partial charge on any atom is 0.241 e. The summed E-state index contributed by atoms with van der Waals surface area (Å²) in [4.78, 5) is 0.248. The van der Waals surface area contributed by atoms with Crippen molar-refractivity contribution in [1.29, 1.82) is 0 Å². The average Bonchev–Trinajstić information content (AvgIpc) is 2.32. The molecule has 3 unspecified atom stereocenters. The number of nitrogen functional groups attached to an aromatic ring is 1. The number of halogens is 1. The quantitative estimate of drug-likeness (QED) is 0.813. The van der Waals surface area contributed by atoms with Crippen LogP contribution in [-0.2, 0) is 10.0 Å². The van der Waals surface area contributed by atoms with Crippen LogP contribution in [0.25, 0.3) is 0 Å². The Bertz CT molecular complexity index is 589. The van der Waals surface area contributed by atoms with Crippen molar-refractivity contribution >= 4 is 31.6 Å². The SMILES string of the molecule is CC1CCC(NS(=O)(=O)c2ccc(N)cc2Br)C(C)C1. The average molecular weight is 361 g/mol. The highest BCUT2D eigenvalue weighted by atomic mass is 79.9. The van der Waals surface area contributed by atoms with E-state index in [4.69, 9.17) is 5.73 Å². The van der Waals surface area contributed by atoms with Crippen molar-refractivity contribution in [2.75, 3.05) is 5.73 Å². The molecule has 4 nitrogen and oxygen atoms in total. The highest BCUT2D eigenvalue weighted by molar-refractivity contribution is 9.10. The Labute approximate surface area is 129 Å². The van der Waals surface area contributed by atoms with Crippen molar-refractivity contribution in [3.63, 3.8) is 0 Å². The van der Waals surface area contributed by atoms with E-state index in [0.717, 1.165) is 19.3 Å². The lowest BCUT2D eigenvalue weighted by Gasteiger charge is -2.33. The van der Waals surface area contributed by atoms with Crippen LogP contribution in [0.2, 0.25) is 0 Å². The molecule has 0 aliphatic heterocycles. The van der Waals surface area contributed by atoms with E-state index in [1.165, 1.54) is 6.07 Å². The fourth-order valence-corrected chi connectivity index (χ4v) is 5.31. The first-order valence-corrected chi connectivity index (χ1v) is 9.14. The Morgan fingerprint density at radius 2 is 2.00 bits per heavy atom. The van der Waals surface area contributed by atoms with Gasteiger partial charge in [-0.05, 0) is 65.2 Å². The van der Waals surface area contributed by atoms with Crippen molar-refractivity contribution in [3.05, 3.63) is 22.7 Å². The van der Waals surface area contributed by atoms with Gasteiger partial charge in [-0.3, -0.25) is 0 Å². The molecule has 2 rings (SSSR count). The summed E-state index contributed by atoms with van der Waals surface area (Å²) < 4.78 is 28.3. The van der Waals surface area contributed by atoms with E-state index in [0.29, 0.717) is 22.0 Å². The highest BCUT2D eigenvalue weighted by Gasteiger charge is 2.30. The molecule has 1 aromatic rings. The number of sulfonamides is 1. The van der Waals surface area contributed by atoms with Crippen molar-refractivity contribution in [2.24, 2.45) is 11.8 Å². The van der Waals surface area contributed by atoms with E-state index in [2.05, 4.69) is 34.5 Å². The summed E-state index contributed by atoms with van der Waals surface area (Å²) in [7, 11) is -3.51. The summed E-state index contributed by atoms with van der Waals surface area (Å²) in [5.41, 5.74) is 6.18. The molecule has 0 amide bonds. The van der Waals surface area contributed by atoms with E-state index in [1.54, 1.807) is 12.1 Å². The van der Waals surface area contributed by atoms with Crippen molar-refractivity contribution in [3.8, 4) is 0 Å². The molecule has 0 spiro atoms. The molecular weight excluding hydrogens is 340 g/mol. The summed E-state index contributed by atoms with van der Waals surface area (Å²) >= 11 is 3.27. The number of nitrogens with two attached hydrogens (primary N) is 1. The van der Waals surface area contributed by atoms with Crippen LogP contribution >= 0.6 is 15.9 Å². The van der Waals surface area contributed by atoms with Gasteiger partial charge >= 0.3 is 0 Å². The number of benzene rings is 1. The van der Waals surface area contributed by atoms with Gasteiger partial charge < -0.3 is 5.73 Å². The second-order valence-electron chi connectivity index (χ2n) is 5.81. The number of rotatable bonds is 3. The monoisotopic (exact) mass is 360 g/mol. The van der Waals surface area contributed by atoms with Gasteiger partial charge in [0, 0.05) is 16.2 Å². The molecule has 3 atom stereocenters. The molecule has 0 aromatic heterocycles. The molecule has 0 heterocycles. The van der Waals surface area contributed by atoms with Gasteiger partial charge in [0.2, 0.25) is 10.0 Å². The fraction of sp³-hybridized carbons (Fsp3) is 0.571. The van der Waals surface area contributed by atoms with Crippen LogP contribution in [0.1, 0.15) is 33.1 Å². The Hall–Kier alpha value is -0.590. The molecule has 6 heteroatoms. The predicted molar refractivity (Wildman–Crippen MR) is 84.8 cm³/mol. The zero-order valence-corrected chi connectivity index (χ0v) is 14.2. The fourth-order valence-electron chi connectivity index (χ4n) is 2.84. The van der Waals surface area contributed by atoms with Gasteiger partial charge in [0.15, 0.2) is 0 Å². The first kappa shape index (κ1) is 15.8.